The molecule has 0 radical (unpaired) electrons. The minimum atomic E-state index is -0.597. The number of carbonyl (C=O) groups excluding carboxylic acids is 2. The number of hydrogen-bond donors (Lipinski definition) is 3. The van der Waals surface area contributed by atoms with E-state index in [-0.39, 0.29) is 11.0 Å². The van der Waals surface area contributed by atoms with Crippen LogP contribution in [0.5, 0.6) is 0 Å². The summed E-state index contributed by atoms with van der Waals surface area (Å²) in [6.07, 6.45) is 0.866. The van der Waals surface area contributed by atoms with E-state index in [1.165, 1.54) is 4.90 Å². The average molecular weight is 364 g/mol. The molecule has 1 fully saturated rings. The standard InChI is InChI=1S/C17H24N4O3S/c1-17(2,3)24-16(23)21-11-7-10-13(21)14(22)19-20-15(25)18-12-8-5-4-6-9-12/h4-6,8-9,13H,7,10-11H2,1-3H3,(H,19,22)(H2,18,20,25)/t13-/m0/s1. The lowest BCUT2D eigenvalue weighted by Crippen LogP contribution is -2.53. The lowest BCUT2D eigenvalue weighted by Gasteiger charge is -2.28. The Morgan fingerprint density at radius 3 is 2.52 bits per heavy atom. The van der Waals surface area contributed by atoms with Crippen LogP contribution in [-0.2, 0) is 9.53 Å². The van der Waals surface area contributed by atoms with Gasteiger partial charge in [-0.05, 0) is 58.0 Å². The third kappa shape index (κ3) is 5.90. The Labute approximate surface area is 153 Å². The number of likely N-dealkylation sites (tertiary alicyclic amines) is 1. The van der Waals surface area contributed by atoms with Crippen molar-refractivity contribution in [2.75, 3.05) is 11.9 Å². The maximum absolute atomic E-state index is 12.4. The summed E-state index contributed by atoms with van der Waals surface area (Å²) >= 11 is 5.14. The Kier molecular flexibility index (Phi) is 6.19. The highest BCUT2D eigenvalue weighted by Crippen LogP contribution is 2.20. The van der Waals surface area contributed by atoms with E-state index in [0.717, 1.165) is 12.1 Å². The highest BCUT2D eigenvalue weighted by atomic mass is 32.1. The topological polar surface area (TPSA) is 82.7 Å². The normalized spacial score (nSPS) is 16.9. The number of benzene rings is 1. The van der Waals surface area contributed by atoms with Crippen molar-refractivity contribution in [3.8, 4) is 0 Å². The smallest absolute Gasteiger partial charge is 0.410 e. The predicted octanol–water partition coefficient (Wildman–Crippen LogP) is 2.40. The molecule has 0 aromatic heterocycles. The second-order valence-electron chi connectivity index (χ2n) is 6.77. The van der Waals surface area contributed by atoms with Crippen molar-refractivity contribution >= 4 is 35.0 Å². The van der Waals surface area contributed by atoms with Crippen molar-refractivity contribution in [2.45, 2.75) is 45.3 Å². The van der Waals surface area contributed by atoms with Crippen LogP contribution in [0, 0.1) is 0 Å². The summed E-state index contributed by atoms with van der Waals surface area (Å²) < 4.78 is 5.36. The van der Waals surface area contributed by atoms with Crippen LogP contribution in [0.15, 0.2) is 30.3 Å². The zero-order chi connectivity index (χ0) is 18.4. The minimum Gasteiger partial charge on any atom is -0.444 e. The molecule has 2 rings (SSSR count). The minimum absolute atomic E-state index is 0.265. The number of hydrazine groups is 1. The van der Waals surface area contributed by atoms with E-state index in [2.05, 4.69) is 16.2 Å². The summed E-state index contributed by atoms with van der Waals surface area (Å²) in [4.78, 5) is 26.0. The molecule has 1 aromatic rings. The number of hydrogen-bond acceptors (Lipinski definition) is 4. The Morgan fingerprint density at radius 1 is 1.20 bits per heavy atom. The largest absolute Gasteiger partial charge is 0.444 e. The molecule has 0 unspecified atom stereocenters. The van der Waals surface area contributed by atoms with Gasteiger partial charge in [-0.1, -0.05) is 18.2 Å². The van der Waals surface area contributed by atoms with Crippen molar-refractivity contribution in [3.05, 3.63) is 30.3 Å². The monoisotopic (exact) mass is 364 g/mol. The molecule has 1 aliphatic rings. The number of para-hydroxylation sites is 1. The van der Waals surface area contributed by atoms with E-state index >= 15 is 0 Å². The van der Waals surface area contributed by atoms with Crippen LogP contribution in [0.2, 0.25) is 0 Å². The van der Waals surface area contributed by atoms with E-state index in [1.54, 1.807) is 20.8 Å². The average Bonchev–Trinajstić information content (AvgIpc) is 3.02. The van der Waals surface area contributed by atoms with Gasteiger partial charge in [0.2, 0.25) is 0 Å². The summed E-state index contributed by atoms with van der Waals surface area (Å²) in [5.74, 6) is -0.319. The maximum atomic E-state index is 12.4. The molecule has 1 saturated heterocycles. The molecule has 0 bridgehead atoms. The molecule has 136 valence electrons. The van der Waals surface area contributed by atoms with Gasteiger partial charge in [-0.25, -0.2) is 4.79 Å². The number of thiocarbonyl (C=S) groups is 1. The zero-order valence-electron chi connectivity index (χ0n) is 14.7. The fourth-order valence-electron chi connectivity index (χ4n) is 2.46. The van der Waals surface area contributed by atoms with Crippen LogP contribution in [0.1, 0.15) is 33.6 Å². The molecule has 1 aliphatic heterocycles. The Bertz CT molecular complexity index is 631. The molecule has 0 saturated carbocycles. The van der Waals surface area contributed by atoms with E-state index in [1.807, 2.05) is 30.3 Å². The van der Waals surface area contributed by atoms with Gasteiger partial charge in [0.25, 0.3) is 5.91 Å². The molecule has 8 heteroatoms. The van der Waals surface area contributed by atoms with Gasteiger partial charge in [0.05, 0.1) is 0 Å². The van der Waals surface area contributed by atoms with E-state index in [4.69, 9.17) is 17.0 Å². The fourth-order valence-corrected chi connectivity index (χ4v) is 2.63. The molecule has 1 aromatic carbocycles. The number of nitrogens with zero attached hydrogens (tertiary/aromatic N) is 1. The number of carbonyl (C=O) groups is 2. The molecule has 0 spiro atoms. The van der Waals surface area contributed by atoms with Gasteiger partial charge < -0.3 is 10.1 Å². The van der Waals surface area contributed by atoms with Gasteiger partial charge in [-0.15, -0.1) is 0 Å². The van der Waals surface area contributed by atoms with Crippen molar-refractivity contribution in [1.82, 2.24) is 15.8 Å². The second-order valence-corrected chi connectivity index (χ2v) is 7.17. The van der Waals surface area contributed by atoms with Crippen LogP contribution >= 0.6 is 12.2 Å². The summed E-state index contributed by atoms with van der Waals surface area (Å²) in [5.41, 5.74) is 5.42. The van der Waals surface area contributed by atoms with Gasteiger partial charge in [-0.3, -0.25) is 20.5 Å². The molecule has 1 heterocycles. The molecular weight excluding hydrogens is 340 g/mol. The van der Waals surface area contributed by atoms with Crippen LogP contribution in [0.3, 0.4) is 0 Å². The van der Waals surface area contributed by atoms with Gasteiger partial charge in [0, 0.05) is 12.2 Å². The summed E-state index contributed by atoms with van der Waals surface area (Å²) in [7, 11) is 0. The second kappa shape index (κ2) is 8.15. The van der Waals surface area contributed by atoms with Crippen LogP contribution in [0.25, 0.3) is 0 Å². The molecule has 1 atom stereocenters. The van der Waals surface area contributed by atoms with Crippen LogP contribution < -0.4 is 16.2 Å². The fraction of sp³-hybridized carbons (Fsp3) is 0.471. The first-order chi connectivity index (χ1) is 11.8. The molecule has 2 amide bonds. The van der Waals surface area contributed by atoms with Crippen LogP contribution in [0.4, 0.5) is 10.5 Å². The first kappa shape index (κ1) is 19.0. The SMILES string of the molecule is CC(C)(C)OC(=O)N1CCC[C@H]1C(=O)NNC(=S)Nc1ccccc1. The highest BCUT2D eigenvalue weighted by Gasteiger charge is 2.36. The molecular formula is C17H24N4O3S. The van der Waals surface area contributed by atoms with Gasteiger partial charge >= 0.3 is 6.09 Å². The first-order valence-electron chi connectivity index (χ1n) is 8.18. The Morgan fingerprint density at radius 2 is 1.88 bits per heavy atom. The van der Waals surface area contributed by atoms with Crippen LogP contribution in [-0.4, -0.2) is 40.2 Å². The zero-order valence-corrected chi connectivity index (χ0v) is 15.5. The third-order valence-corrected chi connectivity index (χ3v) is 3.72. The number of anilines is 1. The molecule has 0 aliphatic carbocycles. The summed E-state index contributed by atoms with van der Waals surface area (Å²) in [5, 5.41) is 3.22. The Hall–Kier alpha value is -2.35. The molecule has 7 nitrogen and oxygen atoms in total. The van der Waals surface area contributed by atoms with E-state index in [0.29, 0.717) is 13.0 Å². The lowest BCUT2D eigenvalue weighted by molar-refractivity contribution is -0.126. The number of amides is 2. The first-order valence-corrected chi connectivity index (χ1v) is 8.58. The van der Waals surface area contributed by atoms with Crippen molar-refractivity contribution < 1.29 is 14.3 Å². The summed E-state index contributed by atoms with van der Waals surface area (Å²) in [6, 6.07) is 8.80. The summed E-state index contributed by atoms with van der Waals surface area (Å²) in [6.45, 7) is 5.89. The number of nitrogens with one attached hydrogen (secondary N) is 3. The quantitative estimate of drug-likeness (QED) is 0.552. The van der Waals surface area contributed by atoms with Gasteiger partial charge in [0.15, 0.2) is 5.11 Å². The van der Waals surface area contributed by atoms with Crippen molar-refractivity contribution in [1.29, 1.82) is 0 Å². The maximum Gasteiger partial charge on any atom is 0.410 e. The number of rotatable bonds is 2. The van der Waals surface area contributed by atoms with E-state index < -0.39 is 17.7 Å². The molecule has 3 N–H and O–H groups in total. The van der Waals surface area contributed by atoms with Crippen molar-refractivity contribution in [3.63, 3.8) is 0 Å². The number of ether oxygens (including phenoxy) is 1. The van der Waals surface area contributed by atoms with Gasteiger partial charge in [-0.2, -0.15) is 0 Å². The third-order valence-electron chi connectivity index (χ3n) is 3.51. The lowest BCUT2D eigenvalue weighted by atomic mass is 10.2. The van der Waals surface area contributed by atoms with E-state index in [9.17, 15) is 9.59 Å². The molecule has 25 heavy (non-hydrogen) atoms. The van der Waals surface area contributed by atoms with Crippen molar-refractivity contribution in [2.24, 2.45) is 0 Å². The highest BCUT2D eigenvalue weighted by molar-refractivity contribution is 7.80. The predicted molar refractivity (Wildman–Crippen MR) is 99.9 cm³/mol. The Balaban J connectivity index is 1.85. The van der Waals surface area contributed by atoms with Gasteiger partial charge in [0.1, 0.15) is 11.6 Å².